The van der Waals surface area contributed by atoms with Gasteiger partial charge in [-0.2, -0.15) is 0 Å². The number of carbonyl (C=O) groups excluding carboxylic acids is 1. The number of aliphatic imine (C=N–C) groups is 1. The number of hydrogen-bond acceptors (Lipinski definition) is 4. The summed E-state index contributed by atoms with van der Waals surface area (Å²) < 4.78 is 6.35. The molecule has 256 valence electrons. The Morgan fingerprint density at radius 3 is 2.00 bits per heavy atom. The lowest BCUT2D eigenvalue weighted by Gasteiger charge is -2.48. The quantitative estimate of drug-likeness (QED) is 0.259. The third-order valence-electron chi connectivity index (χ3n) is 11.0. The van der Waals surface area contributed by atoms with Gasteiger partial charge in [0.2, 0.25) is 0 Å². The predicted molar refractivity (Wildman–Crippen MR) is 198 cm³/mol. The van der Waals surface area contributed by atoms with Gasteiger partial charge < -0.3 is 9.64 Å². The van der Waals surface area contributed by atoms with Gasteiger partial charge in [0.1, 0.15) is 22.7 Å². The lowest BCUT2D eigenvalue weighted by atomic mass is 9.71. The smallest absolute Gasteiger partial charge is 0.326 e. The number of benzene rings is 3. The molecule has 3 aliphatic rings. The first kappa shape index (κ1) is 34.8. The van der Waals surface area contributed by atoms with Crippen molar-refractivity contribution in [1.82, 2.24) is 14.7 Å². The maximum atomic E-state index is 15.3. The Hall–Kier alpha value is -3.06. The van der Waals surface area contributed by atoms with Crippen LogP contribution in [0.25, 0.3) is 0 Å². The van der Waals surface area contributed by atoms with E-state index in [4.69, 9.17) is 32.9 Å². The standard InChI is InChI=1S/C40H50Cl2N4O2/c1-7-48-35-27-30(38(2,3)4)17-22-34(35)36-43-39(5,28-13-18-31(41)19-14-28)40(6,29-15-20-32(42)21-16-29)46(36)37(47)45-25-23-44(24-26-45)33-11-9-8-10-12-33/h13-22,27,33H,7-12,23-26H2,1-6H3/t39-,40+/m0/s1. The zero-order chi connectivity index (χ0) is 34.3. The summed E-state index contributed by atoms with van der Waals surface area (Å²) in [5.41, 5.74) is 1.98. The first-order valence-corrected chi connectivity index (χ1v) is 18.3. The van der Waals surface area contributed by atoms with E-state index in [1.807, 2.05) is 65.3 Å². The van der Waals surface area contributed by atoms with E-state index in [9.17, 15) is 0 Å². The molecule has 0 bridgehead atoms. The highest BCUT2D eigenvalue weighted by molar-refractivity contribution is 6.30. The summed E-state index contributed by atoms with van der Waals surface area (Å²) in [5, 5.41) is 1.29. The summed E-state index contributed by atoms with van der Waals surface area (Å²) in [4.78, 5) is 27.4. The zero-order valence-corrected chi connectivity index (χ0v) is 30.9. The van der Waals surface area contributed by atoms with Crippen LogP contribution in [0.2, 0.25) is 10.0 Å². The average molecular weight is 690 g/mol. The normalized spacial score (nSPS) is 24.1. The van der Waals surface area contributed by atoms with E-state index in [1.165, 1.54) is 32.1 Å². The van der Waals surface area contributed by atoms with Crippen LogP contribution in [0.1, 0.15) is 95.9 Å². The van der Waals surface area contributed by atoms with Gasteiger partial charge in [-0.15, -0.1) is 0 Å². The van der Waals surface area contributed by atoms with Crippen molar-refractivity contribution in [3.05, 3.63) is 99.0 Å². The van der Waals surface area contributed by atoms with Crippen molar-refractivity contribution in [2.45, 2.75) is 96.2 Å². The Balaban J connectivity index is 1.51. The molecule has 3 aromatic rings. The first-order valence-electron chi connectivity index (χ1n) is 17.6. The van der Waals surface area contributed by atoms with Crippen LogP contribution >= 0.6 is 23.2 Å². The molecule has 6 nitrogen and oxygen atoms in total. The van der Waals surface area contributed by atoms with E-state index in [2.05, 4.69) is 57.7 Å². The van der Waals surface area contributed by atoms with Crippen LogP contribution in [0.15, 0.2) is 71.7 Å². The fraction of sp³-hybridized carbons (Fsp3) is 0.500. The monoisotopic (exact) mass is 688 g/mol. The van der Waals surface area contributed by atoms with Gasteiger partial charge in [-0.25, -0.2) is 4.79 Å². The third-order valence-corrected chi connectivity index (χ3v) is 11.5. The molecule has 8 heteroatoms. The molecular weight excluding hydrogens is 639 g/mol. The molecule has 0 unspecified atom stereocenters. The van der Waals surface area contributed by atoms with Gasteiger partial charge in [0.25, 0.3) is 0 Å². The molecule has 48 heavy (non-hydrogen) atoms. The molecule has 2 fully saturated rings. The highest BCUT2D eigenvalue weighted by atomic mass is 35.5. The maximum absolute atomic E-state index is 15.3. The Morgan fingerprint density at radius 2 is 1.44 bits per heavy atom. The molecule has 3 aromatic carbocycles. The number of piperazine rings is 1. The van der Waals surface area contributed by atoms with Gasteiger partial charge in [0, 0.05) is 42.3 Å². The van der Waals surface area contributed by atoms with Crippen molar-refractivity contribution in [3.8, 4) is 5.75 Å². The summed E-state index contributed by atoms with van der Waals surface area (Å²) >= 11 is 12.9. The number of hydrogen-bond donors (Lipinski definition) is 0. The number of amidine groups is 1. The molecule has 2 heterocycles. The number of carbonyl (C=O) groups is 1. The largest absolute Gasteiger partial charge is 0.493 e. The minimum atomic E-state index is -0.926. The van der Waals surface area contributed by atoms with Gasteiger partial charge in [0.15, 0.2) is 0 Å². The Kier molecular flexibility index (Phi) is 9.92. The van der Waals surface area contributed by atoms with E-state index in [-0.39, 0.29) is 11.4 Å². The Bertz CT molecular complexity index is 1640. The Labute approximate surface area is 297 Å². The fourth-order valence-corrected chi connectivity index (χ4v) is 8.13. The van der Waals surface area contributed by atoms with Crippen molar-refractivity contribution in [3.63, 3.8) is 0 Å². The number of halogens is 2. The van der Waals surface area contributed by atoms with Crippen molar-refractivity contribution < 1.29 is 9.53 Å². The summed E-state index contributed by atoms with van der Waals surface area (Å²) in [5.74, 6) is 1.33. The molecule has 6 rings (SSSR count). The minimum Gasteiger partial charge on any atom is -0.493 e. The van der Waals surface area contributed by atoms with Crippen LogP contribution in [0.5, 0.6) is 5.75 Å². The third kappa shape index (κ3) is 6.36. The molecule has 0 aromatic heterocycles. The second-order valence-corrected chi connectivity index (χ2v) is 15.8. The van der Waals surface area contributed by atoms with Gasteiger partial charge in [-0.1, -0.05) is 93.6 Å². The number of urea groups is 1. The lowest BCUT2D eigenvalue weighted by molar-refractivity contribution is 0.0659. The lowest BCUT2D eigenvalue weighted by Crippen LogP contribution is -2.61. The highest BCUT2D eigenvalue weighted by Gasteiger charge is 2.60. The van der Waals surface area contributed by atoms with Crippen LogP contribution in [0.3, 0.4) is 0 Å². The van der Waals surface area contributed by atoms with E-state index >= 15 is 4.79 Å². The van der Waals surface area contributed by atoms with Crippen molar-refractivity contribution in [2.24, 2.45) is 4.99 Å². The van der Waals surface area contributed by atoms with Crippen LogP contribution in [-0.2, 0) is 16.5 Å². The molecule has 2 amide bonds. The van der Waals surface area contributed by atoms with Crippen molar-refractivity contribution in [1.29, 1.82) is 0 Å². The molecule has 1 aliphatic carbocycles. The zero-order valence-electron chi connectivity index (χ0n) is 29.4. The molecule has 0 N–H and O–H groups in total. The van der Waals surface area contributed by atoms with E-state index in [1.54, 1.807) is 0 Å². The number of nitrogens with zero attached hydrogens (tertiary/aromatic N) is 4. The summed E-state index contributed by atoms with van der Waals surface area (Å²) in [6.07, 6.45) is 6.46. The van der Waals surface area contributed by atoms with E-state index in [0.29, 0.717) is 41.6 Å². The van der Waals surface area contributed by atoms with E-state index in [0.717, 1.165) is 41.1 Å². The molecule has 1 saturated carbocycles. The molecule has 0 spiro atoms. The van der Waals surface area contributed by atoms with E-state index < -0.39 is 11.1 Å². The topological polar surface area (TPSA) is 48.4 Å². The SMILES string of the molecule is CCOc1cc(C(C)(C)C)ccc1C1=N[C@@](C)(c2ccc(Cl)cc2)[C@@](C)(c2ccc(Cl)cc2)N1C(=O)N1CCN(C2CCCCC2)CC1. The second-order valence-electron chi connectivity index (χ2n) is 14.9. The fourth-order valence-electron chi connectivity index (χ4n) is 7.88. The maximum Gasteiger partial charge on any atom is 0.326 e. The van der Waals surface area contributed by atoms with Gasteiger partial charge in [0.05, 0.1) is 12.2 Å². The van der Waals surface area contributed by atoms with Crippen LogP contribution < -0.4 is 4.74 Å². The van der Waals surface area contributed by atoms with Gasteiger partial charge in [-0.3, -0.25) is 14.8 Å². The summed E-state index contributed by atoms with van der Waals surface area (Å²) in [6, 6.07) is 22.6. The van der Waals surface area contributed by atoms with Gasteiger partial charge >= 0.3 is 6.03 Å². The van der Waals surface area contributed by atoms with Crippen LogP contribution in [0, 0.1) is 0 Å². The number of amides is 2. The molecular formula is C40H50Cl2N4O2. The second kappa shape index (κ2) is 13.7. The number of ether oxygens (including phenoxy) is 1. The predicted octanol–water partition coefficient (Wildman–Crippen LogP) is 9.65. The number of rotatable bonds is 6. The van der Waals surface area contributed by atoms with Crippen LogP contribution in [0.4, 0.5) is 4.79 Å². The molecule has 2 atom stereocenters. The molecule has 2 aliphatic heterocycles. The Morgan fingerprint density at radius 1 is 0.854 bits per heavy atom. The summed E-state index contributed by atoms with van der Waals surface area (Å²) in [6.45, 7) is 16.5. The highest BCUT2D eigenvalue weighted by Crippen LogP contribution is 2.54. The average Bonchev–Trinajstić information content (AvgIpc) is 3.33. The van der Waals surface area contributed by atoms with Crippen molar-refractivity contribution in [2.75, 3.05) is 32.8 Å². The minimum absolute atomic E-state index is 0.0467. The molecule has 1 saturated heterocycles. The first-order chi connectivity index (χ1) is 22.9. The summed E-state index contributed by atoms with van der Waals surface area (Å²) in [7, 11) is 0. The van der Waals surface area contributed by atoms with Gasteiger partial charge in [-0.05, 0) is 92.1 Å². The molecule has 0 radical (unpaired) electrons. The van der Waals surface area contributed by atoms with Crippen molar-refractivity contribution >= 4 is 35.1 Å². The van der Waals surface area contributed by atoms with Crippen LogP contribution in [-0.4, -0.2) is 65.4 Å².